The molecule has 2 saturated heterocycles. The van der Waals surface area contributed by atoms with Crippen LogP contribution < -0.4 is 10.1 Å². The van der Waals surface area contributed by atoms with Gasteiger partial charge in [0.05, 0.1) is 24.8 Å². The molecular formula is C22H32ClN3O4. The number of nitrogens with zero attached hydrogens (tertiary/aromatic N) is 2. The second-order valence-electron chi connectivity index (χ2n) is 8.35. The van der Waals surface area contributed by atoms with Crippen molar-refractivity contribution in [3.05, 3.63) is 29.3 Å². The molecule has 0 unspecified atom stereocenters. The molecule has 8 heteroatoms. The smallest absolute Gasteiger partial charge is 0.234 e. The molecule has 1 spiro atoms. The summed E-state index contributed by atoms with van der Waals surface area (Å²) in [5.41, 5.74) is 0. The van der Waals surface area contributed by atoms with E-state index in [-0.39, 0.29) is 17.7 Å². The number of benzene rings is 1. The molecule has 1 N–H and O–H groups in total. The van der Waals surface area contributed by atoms with E-state index < -0.39 is 0 Å². The van der Waals surface area contributed by atoms with Gasteiger partial charge < -0.3 is 19.5 Å². The van der Waals surface area contributed by atoms with Gasteiger partial charge in [-0.15, -0.1) is 0 Å². The van der Waals surface area contributed by atoms with Crippen LogP contribution in [0.2, 0.25) is 5.02 Å². The van der Waals surface area contributed by atoms with Gasteiger partial charge in [0.15, 0.2) is 5.79 Å². The molecule has 2 aliphatic heterocycles. The predicted molar refractivity (Wildman–Crippen MR) is 115 cm³/mol. The van der Waals surface area contributed by atoms with Crippen molar-refractivity contribution in [2.75, 3.05) is 59.1 Å². The molecule has 3 aliphatic rings. The Morgan fingerprint density at radius 1 is 1.10 bits per heavy atom. The normalized spacial score (nSPS) is 23.0. The molecule has 3 fully saturated rings. The summed E-state index contributed by atoms with van der Waals surface area (Å²) in [4.78, 5) is 17.1. The average molecular weight is 438 g/mol. The number of rotatable bonds is 7. The largest absolute Gasteiger partial charge is 0.491 e. The summed E-state index contributed by atoms with van der Waals surface area (Å²) in [7, 11) is 0. The third-order valence-corrected chi connectivity index (χ3v) is 6.57. The number of ether oxygens (including phenoxy) is 3. The molecule has 1 amide bonds. The van der Waals surface area contributed by atoms with Crippen LogP contribution in [-0.2, 0) is 14.3 Å². The molecule has 7 nitrogen and oxygen atoms in total. The number of carbonyl (C=O) groups is 1. The Morgan fingerprint density at radius 2 is 1.77 bits per heavy atom. The van der Waals surface area contributed by atoms with Crippen molar-refractivity contribution in [2.45, 2.75) is 37.5 Å². The minimum Gasteiger partial charge on any atom is -0.491 e. The van der Waals surface area contributed by atoms with E-state index in [0.29, 0.717) is 31.4 Å². The highest BCUT2D eigenvalue weighted by Gasteiger charge is 2.40. The van der Waals surface area contributed by atoms with E-state index in [4.69, 9.17) is 25.8 Å². The fourth-order valence-corrected chi connectivity index (χ4v) is 4.67. The van der Waals surface area contributed by atoms with Crippen LogP contribution in [0.1, 0.15) is 25.7 Å². The van der Waals surface area contributed by atoms with Crippen LogP contribution in [-0.4, -0.2) is 86.6 Å². The van der Waals surface area contributed by atoms with Gasteiger partial charge in [0.1, 0.15) is 12.4 Å². The SMILES string of the molecule is O=C(CN1CCN(CCOc2ccccc2Cl)CC1)NC1CCC2(CC1)OCCO2. The molecular weight excluding hydrogens is 406 g/mol. The molecule has 0 aromatic heterocycles. The zero-order valence-corrected chi connectivity index (χ0v) is 18.2. The van der Waals surface area contributed by atoms with Crippen molar-refractivity contribution in [3.63, 3.8) is 0 Å². The number of para-hydroxylation sites is 1. The lowest BCUT2D eigenvalue weighted by atomic mass is 9.90. The number of halogens is 1. The predicted octanol–water partition coefficient (Wildman–Crippen LogP) is 2.14. The van der Waals surface area contributed by atoms with Crippen molar-refractivity contribution in [3.8, 4) is 5.75 Å². The van der Waals surface area contributed by atoms with Gasteiger partial charge in [0, 0.05) is 51.6 Å². The highest BCUT2D eigenvalue weighted by atomic mass is 35.5. The zero-order valence-electron chi connectivity index (χ0n) is 17.5. The van der Waals surface area contributed by atoms with E-state index in [1.165, 1.54) is 0 Å². The summed E-state index contributed by atoms with van der Waals surface area (Å²) >= 11 is 6.12. The molecule has 166 valence electrons. The Morgan fingerprint density at radius 3 is 2.47 bits per heavy atom. The molecule has 0 radical (unpaired) electrons. The van der Waals surface area contributed by atoms with Crippen LogP contribution in [0.5, 0.6) is 5.75 Å². The number of amides is 1. The Labute approximate surface area is 183 Å². The molecule has 1 aromatic rings. The second kappa shape index (κ2) is 10.3. The quantitative estimate of drug-likeness (QED) is 0.705. The van der Waals surface area contributed by atoms with Crippen LogP contribution in [0.4, 0.5) is 0 Å². The minimum atomic E-state index is -0.368. The van der Waals surface area contributed by atoms with Gasteiger partial charge in [-0.3, -0.25) is 14.6 Å². The van der Waals surface area contributed by atoms with E-state index in [2.05, 4.69) is 15.1 Å². The molecule has 1 aliphatic carbocycles. The summed E-state index contributed by atoms with van der Waals surface area (Å²) in [6, 6.07) is 7.78. The first kappa shape index (κ1) is 21.8. The number of hydrogen-bond donors (Lipinski definition) is 1. The van der Waals surface area contributed by atoms with E-state index >= 15 is 0 Å². The summed E-state index contributed by atoms with van der Waals surface area (Å²) in [5.74, 6) is 0.487. The van der Waals surface area contributed by atoms with Gasteiger partial charge in [0.2, 0.25) is 5.91 Å². The van der Waals surface area contributed by atoms with Gasteiger partial charge >= 0.3 is 0 Å². The number of nitrogens with one attached hydrogen (secondary N) is 1. The summed E-state index contributed by atoms with van der Waals surface area (Å²) in [5, 5.41) is 3.85. The lowest BCUT2D eigenvalue weighted by molar-refractivity contribution is -0.180. The average Bonchev–Trinajstić information content (AvgIpc) is 3.21. The highest BCUT2D eigenvalue weighted by Crippen LogP contribution is 2.35. The maximum Gasteiger partial charge on any atom is 0.234 e. The van der Waals surface area contributed by atoms with E-state index in [1.807, 2.05) is 24.3 Å². The van der Waals surface area contributed by atoms with Crippen molar-refractivity contribution < 1.29 is 19.0 Å². The number of piperazine rings is 1. The van der Waals surface area contributed by atoms with Crippen LogP contribution in [0.25, 0.3) is 0 Å². The Bertz CT molecular complexity index is 695. The molecule has 0 bridgehead atoms. The van der Waals surface area contributed by atoms with Crippen molar-refractivity contribution in [1.82, 2.24) is 15.1 Å². The number of carbonyl (C=O) groups excluding carboxylic acids is 1. The van der Waals surface area contributed by atoms with Crippen molar-refractivity contribution in [1.29, 1.82) is 0 Å². The zero-order chi connectivity index (χ0) is 20.8. The topological polar surface area (TPSA) is 63.3 Å². The third-order valence-electron chi connectivity index (χ3n) is 6.26. The van der Waals surface area contributed by atoms with E-state index in [9.17, 15) is 4.79 Å². The Balaban J connectivity index is 1.10. The monoisotopic (exact) mass is 437 g/mol. The molecule has 30 heavy (non-hydrogen) atoms. The standard InChI is InChI=1S/C22H32ClN3O4/c23-19-3-1-2-4-20(19)28-14-13-25-9-11-26(12-10-25)17-21(27)24-18-5-7-22(8-6-18)29-15-16-30-22/h1-4,18H,5-17H2,(H,24,27). The Hall–Kier alpha value is -1.38. The first-order valence-electron chi connectivity index (χ1n) is 11.0. The first-order chi connectivity index (χ1) is 14.6. The lowest BCUT2D eigenvalue weighted by Gasteiger charge is -2.36. The van der Waals surface area contributed by atoms with Crippen LogP contribution >= 0.6 is 11.6 Å². The van der Waals surface area contributed by atoms with Crippen LogP contribution in [0.15, 0.2) is 24.3 Å². The fraction of sp³-hybridized carbons (Fsp3) is 0.682. The van der Waals surface area contributed by atoms with Gasteiger partial charge in [-0.2, -0.15) is 0 Å². The second-order valence-corrected chi connectivity index (χ2v) is 8.75. The first-order valence-corrected chi connectivity index (χ1v) is 11.4. The lowest BCUT2D eigenvalue weighted by Crippen LogP contribution is -2.51. The molecule has 4 rings (SSSR count). The maximum atomic E-state index is 12.5. The molecule has 0 atom stereocenters. The minimum absolute atomic E-state index is 0.125. The maximum absolute atomic E-state index is 12.5. The summed E-state index contributed by atoms with van der Waals surface area (Å²) in [6.07, 6.45) is 3.58. The third kappa shape index (κ3) is 5.86. The van der Waals surface area contributed by atoms with Gasteiger partial charge in [-0.1, -0.05) is 23.7 Å². The molecule has 2 heterocycles. The molecule has 1 saturated carbocycles. The fourth-order valence-electron chi connectivity index (χ4n) is 4.48. The Kier molecular flexibility index (Phi) is 7.49. The van der Waals surface area contributed by atoms with Gasteiger partial charge in [-0.25, -0.2) is 0 Å². The van der Waals surface area contributed by atoms with Gasteiger partial charge in [-0.05, 0) is 25.0 Å². The van der Waals surface area contributed by atoms with Crippen molar-refractivity contribution >= 4 is 17.5 Å². The van der Waals surface area contributed by atoms with Crippen LogP contribution in [0, 0.1) is 0 Å². The summed E-state index contributed by atoms with van der Waals surface area (Å²) < 4.78 is 17.3. The number of hydrogen-bond acceptors (Lipinski definition) is 6. The van der Waals surface area contributed by atoms with Crippen molar-refractivity contribution in [2.24, 2.45) is 0 Å². The van der Waals surface area contributed by atoms with Gasteiger partial charge in [0.25, 0.3) is 0 Å². The molecule has 1 aromatic carbocycles. The van der Waals surface area contributed by atoms with E-state index in [1.54, 1.807) is 0 Å². The summed E-state index contributed by atoms with van der Waals surface area (Å²) in [6.45, 7) is 7.01. The highest BCUT2D eigenvalue weighted by molar-refractivity contribution is 6.32. The van der Waals surface area contributed by atoms with Crippen LogP contribution in [0.3, 0.4) is 0 Å². The van der Waals surface area contributed by atoms with E-state index in [0.717, 1.165) is 64.2 Å².